The van der Waals surface area contributed by atoms with E-state index in [-0.39, 0.29) is 0 Å². The number of hydrogen-bond acceptors (Lipinski definition) is 2. The number of rotatable bonds is 4. The Balaban J connectivity index is 2.72. The molecule has 0 amide bonds. The van der Waals surface area contributed by atoms with Crippen LogP contribution < -0.4 is 4.53 Å². The van der Waals surface area contributed by atoms with Crippen LogP contribution in [0, 0.1) is 0 Å². The summed E-state index contributed by atoms with van der Waals surface area (Å²) >= 11 is 6.13. The third kappa shape index (κ3) is 2.61. The molecule has 1 aromatic carbocycles. The molecule has 72 valence electrons. The number of para-hydroxylation sites is 1. The lowest BCUT2D eigenvalue weighted by Crippen LogP contribution is -2.35. The average molecular weight is 199 g/mol. The molecule has 1 aromatic rings. The summed E-state index contributed by atoms with van der Waals surface area (Å²) in [6, 6.07) is 9.93. The molecule has 0 N–H and O–H groups in total. The predicted molar refractivity (Wildman–Crippen MR) is 57.7 cm³/mol. The van der Waals surface area contributed by atoms with E-state index in [4.69, 9.17) is 11.8 Å². The van der Waals surface area contributed by atoms with Crippen molar-refractivity contribution in [2.75, 3.05) is 17.6 Å². The van der Waals surface area contributed by atoms with Crippen molar-refractivity contribution in [3.63, 3.8) is 0 Å². The normalized spacial score (nSPS) is 10.5. The van der Waals surface area contributed by atoms with Gasteiger partial charge in [-0.3, -0.25) is 0 Å². The first-order chi connectivity index (χ1) is 6.29. The molecule has 0 atom stereocenters. The average Bonchev–Trinajstić information content (AvgIpc) is 2.21. The van der Waals surface area contributed by atoms with Gasteiger partial charge in [0.1, 0.15) is 0 Å². The van der Waals surface area contributed by atoms with Gasteiger partial charge in [0, 0.05) is 24.9 Å². The van der Waals surface area contributed by atoms with E-state index in [1.54, 1.807) is 4.53 Å². The molecule has 1 rings (SSSR count). The fraction of sp³-hybridized carbons (Fsp3) is 0.400. The molecule has 0 aliphatic heterocycles. The largest absolute Gasteiger partial charge is 0.215 e. The monoisotopic (exact) mass is 198 g/mol. The summed E-state index contributed by atoms with van der Waals surface area (Å²) in [5.74, 6) is 0. The highest BCUT2D eigenvalue weighted by molar-refractivity contribution is 6.24. The molecule has 13 heavy (non-hydrogen) atoms. The molecule has 0 aliphatic rings. The summed E-state index contributed by atoms with van der Waals surface area (Å²) in [6.07, 6.45) is 0. The number of nitrogens with zero attached hydrogens (tertiary/aromatic N) is 2. The molecule has 0 fully saturated rings. The minimum Gasteiger partial charge on any atom is -0.215 e. The van der Waals surface area contributed by atoms with Crippen LogP contribution in [0.15, 0.2) is 30.3 Å². The molecule has 0 aliphatic carbocycles. The van der Waals surface area contributed by atoms with E-state index in [0.717, 1.165) is 18.8 Å². The van der Waals surface area contributed by atoms with Gasteiger partial charge in [0.05, 0.1) is 5.69 Å². The van der Waals surface area contributed by atoms with E-state index >= 15 is 0 Å². The van der Waals surface area contributed by atoms with Gasteiger partial charge in [0.25, 0.3) is 0 Å². The Kier molecular flexibility index (Phi) is 4.06. The van der Waals surface area contributed by atoms with Crippen molar-refractivity contribution in [1.29, 1.82) is 0 Å². The van der Waals surface area contributed by atoms with Crippen LogP contribution in [0.3, 0.4) is 0 Å². The molecule has 0 bridgehead atoms. The van der Waals surface area contributed by atoms with E-state index in [1.165, 1.54) is 0 Å². The van der Waals surface area contributed by atoms with Gasteiger partial charge in [0.15, 0.2) is 0 Å². The molecule has 3 heteroatoms. The van der Waals surface area contributed by atoms with Gasteiger partial charge in [-0.25, -0.2) is 9.54 Å². The minimum absolute atomic E-state index is 0.912. The van der Waals surface area contributed by atoms with Gasteiger partial charge in [-0.15, -0.1) is 0 Å². The molecule has 0 aromatic heterocycles. The molecular formula is C10H15ClN2. The first-order valence-corrected chi connectivity index (χ1v) is 4.89. The number of halogens is 1. The van der Waals surface area contributed by atoms with Gasteiger partial charge in [-0.05, 0) is 12.1 Å². The maximum Gasteiger partial charge on any atom is 0.0708 e. The van der Waals surface area contributed by atoms with Crippen molar-refractivity contribution in [2.24, 2.45) is 0 Å². The number of anilines is 1. The molecule has 0 radical (unpaired) electrons. The lowest BCUT2D eigenvalue weighted by molar-refractivity contribution is 0.326. The summed E-state index contributed by atoms with van der Waals surface area (Å²) in [6.45, 7) is 5.99. The Morgan fingerprint density at radius 3 is 2.08 bits per heavy atom. The van der Waals surface area contributed by atoms with E-state index < -0.39 is 0 Å². The first kappa shape index (κ1) is 10.4. The Hall–Kier alpha value is -0.730. The lowest BCUT2D eigenvalue weighted by atomic mass is 10.3. The predicted octanol–water partition coefficient (Wildman–Crippen LogP) is 2.90. The third-order valence-corrected chi connectivity index (χ3v) is 2.36. The summed E-state index contributed by atoms with van der Waals surface area (Å²) < 4.78 is 1.67. The standard InChI is InChI=1S/C10H15ClN2/c1-3-12(4-2)13(11)10-8-6-5-7-9-10/h5-9H,3-4H2,1-2H3. The van der Waals surface area contributed by atoms with Crippen LogP contribution in [0.2, 0.25) is 0 Å². The van der Waals surface area contributed by atoms with Gasteiger partial charge >= 0.3 is 0 Å². The van der Waals surface area contributed by atoms with Crippen molar-refractivity contribution in [3.05, 3.63) is 30.3 Å². The third-order valence-electron chi connectivity index (χ3n) is 1.95. The van der Waals surface area contributed by atoms with Crippen LogP contribution in [0.1, 0.15) is 13.8 Å². The Bertz CT molecular complexity index is 234. The maximum absolute atomic E-state index is 6.13. The zero-order valence-corrected chi connectivity index (χ0v) is 8.83. The molecular weight excluding hydrogens is 184 g/mol. The van der Waals surface area contributed by atoms with Crippen LogP contribution in [-0.4, -0.2) is 18.1 Å². The smallest absolute Gasteiger partial charge is 0.0708 e. The number of hydrogen-bond donors (Lipinski definition) is 0. The lowest BCUT2D eigenvalue weighted by Gasteiger charge is -2.28. The second kappa shape index (κ2) is 5.10. The summed E-state index contributed by atoms with van der Waals surface area (Å²) in [5, 5.41) is 2.05. The molecule has 0 saturated carbocycles. The van der Waals surface area contributed by atoms with E-state index in [2.05, 4.69) is 18.9 Å². The maximum atomic E-state index is 6.13. The number of benzene rings is 1. The molecule has 2 nitrogen and oxygen atoms in total. The summed E-state index contributed by atoms with van der Waals surface area (Å²) in [7, 11) is 0. The fourth-order valence-corrected chi connectivity index (χ4v) is 1.51. The quantitative estimate of drug-likeness (QED) is 0.542. The van der Waals surface area contributed by atoms with Crippen LogP contribution in [0.4, 0.5) is 5.69 Å². The second-order valence-corrected chi connectivity index (χ2v) is 3.05. The Morgan fingerprint density at radius 2 is 1.62 bits per heavy atom. The van der Waals surface area contributed by atoms with Crippen molar-refractivity contribution < 1.29 is 0 Å². The van der Waals surface area contributed by atoms with Gasteiger partial charge in [0.2, 0.25) is 0 Å². The Labute approximate surface area is 84.8 Å². The molecule has 0 spiro atoms. The summed E-state index contributed by atoms with van der Waals surface area (Å²) in [5.41, 5.74) is 1.01. The molecule has 0 unspecified atom stereocenters. The molecule has 0 saturated heterocycles. The van der Waals surface area contributed by atoms with Crippen LogP contribution in [0.25, 0.3) is 0 Å². The minimum atomic E-state index is 0.912. The Morgan fingerprint density at radius 1 is 1.08 bits per heavy atom. The molecule has 0 heterocycles. The summed E-state index contributed by atoms with van der Waals surface area (Å²) in [4.78, 5) is 0. The number of hydrazine groups is 1. The van der Waals surface area contributed by atoms with Gasteiger partial charge < -0.3 is 0 Å². The second-order valence-electron chi connectivity index (χ2n) is 2.73. The first-order valence-electron chi connectivity index (χ1n) is 4.55. The van der Waals surface area contributed by atoms with E-state index in [9.17, 15) is 0 Å². The highest BCUT2D eigenvalue weighted by atomic mass is 35.5. The van der Waals surface area contributed by atoms with Crippen LogP contribution in [0.5, 0.6) is 0 Å². The van der Waals surface area contributed by atoms with Crippen molar-refractivity contribution in [2.45, 2.75) is 13.8 Å². The highest BCUT2D eigenvalue weighted by Crippen LogP contribution is 2.17. The van der Waals surface area contributed by atoms with Gasteiger partial charge in [-0.2, -0.15) is 0 Å². The SMILES string of the molecule is CCN(CC)N(Cl)c1ccccc1. The van der Waals surface area contributed by atoms with Gasteiger partial charge in [-0.1, -0.05) is 32.0 Å². The van der Waals surface area contributed by atoms with E-state index in [0.29, 0.717) is 0 Å². The van der Waals surface area contributed by atoms with Crippen molar-refractivity contribution in [3.8, 4) is 0 Å². The zero-order chi connectivity index (χ0) is 9.68. The zero-order valence-electron chi connectivity index (χ0n) is 8.07. The van der Waals surface area contributed by atoms with Crippen molar-refractivity contribution in [1.82, 2.24) is 5.01 Å². The highest BCUT2D eigenvalue weighted by Gasteiger charge is 2.08. The van der Waals surface area contributed by atoms with Crippen LogP contribution >= 0.6 is 11.8 Å². The van der Waals surface area contributed by atoms with Crippen molar-refractivity contribution >= 4 is 17.5 Å². The fourth-order valence-electron chi connectivity index (χ4n) is 1.19. The van der Waals surface area contributed by atoms with Crippen LogP contribution in [-0.2, 0) is 0 Å². The van der Waals surface area contributed by atoms with E-state index in [1.807, 2.05) is 30.3 Å². The topological polar surface area (TPSA) is 6.48 Å².